The van der Waals surface area contributed by atoms with Crippen LogP contribution in [0.5, 0.6) is 0 Å². The normalized spacial score (nSPS) is 12.2. The Labute approximate surface area is 110 Å². The van der Waals surface area contributed by atoms with Crippen LogP contribution in [0.25, 0.3) is 5.69 Å². The predicted molar refractivity (Wildman–Crippen MR) is 69.0 cm³/mol. The topological polar surface area (TPSA) is 44.1 Å². The van der Waals surface area contributed by atoms with E-state index in [9.17, 15) is 4.79 Å². The molecule has 0 bridgehead atoms. The number of carbonyl (C=O) groups excluding carboxylic acids is 1. The van der Waals surface area contributed by atoms with E-state index < -0.39 is 0 Å². The van der Waals surface area contributed by atoms with Gasteiger partial charge in [-0.1, -0.05) is 23.7 Å². The van der Waals surface area contributed by atoms with Crippen molar-refractivity contribution in [2.24, 2.45) is 0 Å². The summed E-state index contributed by atoms with van der Waals surface area (Å²) in [6.07, 6.45) is 3.28. The van der Waals surface area contributed by atoms with Crippen LogP contribution in [-0.2, 0) is 9.53 Å². The molecule has 0 fully saturated rings. The van der Waals surface area contributed by atoms with E-state index in [1.807, 2.05) is 24.3 Å². The fraction of sp³-hybridized carbons (Fsp3) is 0.231. The van der Waals surface area contributed by atoms with E-state index in [4.69, 9.17) is 16.3 Å². The molecular weight excluding hydrogens is 252 g/mol. The van der Waals surface area contributed by atoms with Crippen molar-refractivity contribution in [1.82, 2.24) is 9.78 Å². The molecule has 0 aliphatic rings. The van der Waals surface area contributed by atoms with Gasteiger partial charge in [0, 0.05) is 6.20 Å². The Balaban J connectivity index is 2.33. The molecule has 0 saturated carbocycles. The summed E-state index contributed by atoms with van der Waals surface area (Å²) < 4.78 is 6.40. The van der Waals surface area contributed by atoms with Gasteiger partial charge in [0.15, 0.2) is 0 Å². The summed E-state index contributed by atoms with van der Waals surface area (Å²) in [7, 11) is 1.38. The van der Waals surface area contributed by atoms with Crippen molar-refractivity contribution in [3.05, 3.63) is 47.2 Å². The molecule has 0 saturated heterocycles. The van der Waals surface area contributed by atoms with Crippen LogP contribution in [0.1, 0.15) is 18.4 Å². The number of methoxy groups -OCH3 is 1. The number of hydrogen-bond acceptors (Lipinski definition) is 3. The molecule has 1 aromatic carbocycles. The molecule has 0 aliphatic heterocycles. The molecule has 5 heteroatoms. The molecule has 0 aliphatic carbocycles. The average molecular weight is 265 g/mol. The molecule has 1 heterocycles. The zero-order valence-electron chi connectivity index (χ0n) is 10.1. The monoisotopic (exact) mass is 264 g/mol. The highest BCUT2D eigenvalue weighted by molar-refractivity contribution is 6.30. The Bertz CT molecular complexity index is 566. The third kappa shape index (κ3) is 2.54. The molecule has 4 nitrogen and oxygen atoms in total. The van der Waals surface area contributed by atoms with Crippen molar-refractivity contribution in [3.8, 4) is 5.69 Å². The van der Waals surface area contributed by atoms with Crippen molar-refractivity contribution in [2.45, 2.75) is 12.8 Å². The summed E-state index contributed by atoms with van der Waals surface area (Å²) in [4.78, 5) is 11.5. The van der Waals surface area contributed by atoms with Crippen LogP contribution >= 0.6 is 11.6 Å². The molecule has 1 unspecified atom stereocenters. The van der Waals surface area contributed by atoms with Crippen molar-refractivity contribution in [3.63, 3.8) is 0 Å². The number of carbonyl (C=O) groups is 1. The first-order chi connectivity index (χ1) is 8.61. The second-order valence-electron chi connectivity index (χ2n) is 3.94. The van der Waals surface area contributed by atoms with E-state index in [1.54, 1.807) is 24.0 Å². The van der Waals surface area contributed by atoms with E-state index in [1.165, 1.54) is 7.11 Å². The minimum Gasteiger partial charge on any atom is -0.469 e. The Morgan fingerprint density at radius 1 is 1.50 bits per heavy atom. The minimum atomic E-state index is -0.305. The van der Waals surface area contributed by atoms with Gasteiger partial charge in [-0.3, -0.25) is 4.79 Å². The lowest BCUT2D eigenvalue weighted by Gasteiger charge is -2.11. The molecule has 1 atom stereocenters. The summed E-state index contributed by atoms with van der Waals surface area (Å²) in [6, 6.07) is 7.55. The van der Waals surface area contributed by atoms with Crippen LogP contribution in [0.2, 0.25) is 5.02 Å². The highest BCUT2D eigenvalue weighted by Gasteiger charge is 2.16. The van der Waals surface area contributed by atoms with Gasteiger partial charge >= 0.3 is 5.97 Å². The highest BCUT2D eigenvalue weighted by atomic mass is 35.5. The van der Waals surface area contributed by atoms with Crippen LogP contribution in [-0.4, -0.2) is 22.9 Å². The summed E-state index contributed by atoms with van der Waals surface area (Å²) >= 11 is 5.83. The van der Waals surface area contributed by atoms with Gasteiger partial charge in [-0.2, -0.15) is 5.10 Å². The van der Waals surface area contributed by atoms with E-state index in [0.29, 0.717) is 5.02 Å². The third-order valence-corrected chi connectivity index (χ3v) is 2.94. The molecule has 0 spiro atoms. The van der Waals surface area contributed by atoms with Gasteiger partial charge in [-0.15, -0.1) is 0 Å². The molecule has 2 rings (SSSR count). The van der Waals surface area contributed by atoms with Gasteiger partial charge in [0.05, 0.1) is 29.9 Å². The van der Waals surface area contributed by atoms with Crippen molar-refractivity contribution in [1.29, 1.82) is 0 Å². The Kier molecular flexibility index (Phi) is 3.67. The van der Waals surface area contributed by atoms with Crippen LogP contribution in [0.15, 0.2) is 36.7 Å². The number of aromatic nitrogens is 2. The summed E-state index contributed by atoms with van der Waals surface area (Å²) in [5, 5.41) is 4.69. The quantitative estimate of drug-likeness (QED) is 0.801. The van der Waals surface area contributed by atoms with Crippen LogP contribution < -0.4 is 0 Å². The van der Waals surface area contributed by atoms with Gasteiger partial charge in [0.25, 0.3) is 0 Å². The van der Waals surface area contributed by atoms with Crippen LogP contribution in [0, 0.1) is 0 Å². The smallest absolute Gasteiger partial charge is 0.312 e. The fourth-order valence-electron chi connectivity index (χ4n) is 1.69. The third-order valence-electron chi connectivity index (χ3n) is 2.74. The molecule has 1 aromatic heterocycles. The second-order valence-corrected chi connectivity index (χ2v) is 4.38. The van der Waals surface area contributed by atoms with Gasteiger partial charge in [0.1, 0.15) is 0 Å². The maximum atomic E-state index is 11.5. The maximum absolute atomic E-state index is 11.5. The summed E-state index contributed by atoms with van der Waals surface area (Å²) in [5.41, 5.74) is 1.74. The molecule has 94 valence electrons. The molecule has 0 amide bonds. The zero-order chi connectivity index (χ0) is 13.1. The molecule has 0 radical (unpaired) electrons. The van der Waals surface area contributed by atoms with Crippen molar-refractivity contribution >= 4 is 17.6 Å². The number of esters is 1. The van der Waals surface area contributed by atoms with Crippen LogP contribution in [0.3, 0.4) is 0 Å². The number of rotatable bonds is 3. The molecule has 0 N–H and O–H groups in total. The largest absolute Gasteiger partial charge is 0.469 e. The maximum Gasteiger partial charge on any atom is 0.312 e. The number of ether oxygens (including phenoxy) is 1. The molecular formula is C13H13ClN2O2. The van der Waals surface area contributed by atoms with Crippen LogP contribution in [0.4, 0.5) is 0 Å². The SMILES string of the molecule is COC(=O)C(C)c1cccc(-n2cc(Cl)cn2)c1. The Morgan fingerprint density at radius 2 is 2.28 bits per heavy atom. The number of halogens is 1. The van der Waals surface area contributed by atoms with Gasteiger partial charge in [0.2, 0.25) is 0 Å². The average Bonchev–Trinajstić information content (AvgIpc) is 2.84. The first-order valence-electron chi connectivity index (χ1n) is 5.50. The fourth-order valence-corrected chi connectivity index (χ4v) is 1.83. The summed E-state index contributed by atoms with van der Waals surface area (Å²) in [6.45, 7) is 1.81. The van der Waals surface area contributed by atoms with E-state index in [0.717, 1.165) is 11.3 Å². The van der Waals surface area contributed by atoms with Gasteiger partial charge in [-0.05, 0) is 24.6 Å². The second kappa shape index (κ2) is 5.23. The molecule has 18 heavy (non-hydrogen) atoms. The van der Waals surface area contributed by atoms with Crippen molar-refractivity contribution < 1.29 is 9.53 Å². The first kappa shape index (κ1) is 12.6. The Morgan fingerprint density at radius 3 is 2.89 bits per heavy atom. The zero-order valence-corrected chi connectivity index (χ0v) is 10.9. The van der Waals surface area contributed by atoms with Crippen molar-refractivity contribution in [2.75, 3.05) is 7.11 Å². The van der Waals surface area contributed by atoms with E-state index in [-0.39, 0.29) is 11.9 Å². The standard InChI is InChI=1S/C13H13ClN2O2/c1-9(13(17)18-2)10-4-3-5-12(6-10)16-8-11(14)7-15-16/h3-9H,1-2H3. The predicted octanol–water partition coefficient (Wildman–Crippen LogP) is 2.80. The van der Waals surface area contributed by atoms with E-state index >= 15 is 0 Å². The van der Waals surface area contributed by atoms with Gasteiger partial charge < -0.3 is 4.74 Å². The lowest BCUT2D eigenvalue weighted by Crippen LogP contribution is -2.11. The number of benzene rings is 1. The van der Waals surface area contributed by atoms with Gasteiger partial charge in [-0.25, -0.2) is 4.68 Å². The lowest BCUT2D eigenvalue weighted by molar-refractivity contribution is -0.141. The van der Waals surface area contributed by atoms with E-state index in [2.05, 4.69) is 5.10 Å². The lowest BCUT2D eigenvalue weighted by atomic mass is 10.0. The first-order valence-corrected chi connectivity index (χ1v) is 5.88. The number of hydrogen-bond donors (Lipinski definition) is 0. The summed E-state index contributed by atoms with van der Waals surface area (Å²) in [5.74, 6) is -0.563. The highest BCUT2D eigenvalue weighted by Crippen LogP contribution is 2.20. The minimum absolute atomic E-state index is 0.259. The number of nitrogens with zero attached hydrogens (tertiary/aromatic N) is 2. The Hall–Kier alpha value is -1.81. The molecule has 2 aromatic rings.